The lowest BCUT2D eigenvalue weighted by molar-refractivity contribution is 0.301. The van der Waals surface area contributed by atoms with Crippen molar-refractivity contribution in [3.05, 3.63) is 46.4 Å². The van der Waals surface area contributed by atoms with Gasteiger partial charge in [-0.05, 0) is 36.5 Å². The summed E-state index contributed by atoms with van der Waals surface area (Å²) in [4.78, 5) is 4.09. The number of ether oxygens (including phenoxy) is 1. The highest BCUT2D eigenvalue weighted by atomic mass is 32.1. The lowest BCUT2D eigenvalue weighted by Crippen LogP contribution is -2.03. The molecule has 0 saturated heterocycles. The molecule has 0 unspecified atom stereocenters. The summed E-state index contributed by atoms with van der Waals surface area (Å²) in [6, 6.07) is 6.60. The van der Waals surface area contributed by atoms with E-state index in [-0.39, 0.29) is 5.75 Å². The van der Waals surface area contributed by atoms with Gasteiger partial charge in [0.25, 0.3) is 0 Å². The number of phenols is 1. The van der Waals surface area contributed by atoms with E-state index >= 15 is 0 Å². The highest BCUT2D eigenvalue weighted by molar-refractivity contribution is 7.80. The maximum atomic E-state index is 9.13. The molecule has 82 valence electrons. The fourth-order valence-corrected chi connectivity index (χ4v) is 1.85. The molecule has 0 spiro atoms. The molecule has 16 heavy (non-hydrogen) atoms. The van der Waals surface area contributed by atoms with Crippen molar-refractivity contribution in [1.82, 2.24) is 4.98 Å². The van der Waals surface area contributed by atoms with E-state index in [9.17, 15) is 0 Å². The maximum Gasteiger partial charge on any atom is 0.191 e. The average molecular weight is 251 g/mol. The number of thiocarbonyl (C=S) groups is 1. The van der Waals surface area contributed by atoms with Gasteiger partial charge in [-0.25, -0.2) is 4.98 Å². The molecule has 0 saturated carbocycles. The third kappa shape index (κ3) is 2.77. The van der Waals surface area contributed by atoms with E-state index in [1.54, 1.807) is 30.5 Å². The summed E-state index contributed by atoms with van der Waals surface area (Å²) in [5, 5.41) is 12.3. The molecule has 1 aromatic heterocycles. The molecule has 0 atom stereocenters. The standard InChI is InChI=1S/C11H9NO2S2/c13-9-3-1-8(2-4-9)11(15)14-7-10-12-5-6-16-10/h1-6,13H,7H2. The molecule has 0 fully saturated rings. The van der Waals surface area contributed by atoms with Gasteiger partial charge in [0.15, 0.2) is 5.05 Å². The number of hydrogen-bond donors (Lipinski definition) is 1. The molecule has 0 aliphatic rings. The fourth-order valence-electron chi connectivity index (χ4n) is 1.13. The van der Waals surface area contributed by atoms with Crippen LogP contribution < -0.4 is 0 Å². The first-order chi connectivity index (χ1) is 7.75. The Balaban J connectivity index is 1.95. The molecule has 0 bridgehead atoms. The second-order valence-corrected chi connectivity index (χ2v) is 4.40. The molecule has 0 aliphatic heterocycles. The molecule has 1 heterocycles. The number of aromatic hydroxyl groups is 1. The van der Waals surface area contributed by atoms with Crippen LogP contribution in [0.15, 0.2) is 35.8 Å². The van der Waals surface area contributed by atoms with Crippen LogP contribution in [0.4, 0.5) is 0 Å². The summed E-state index contributed by atoms with van der Waals surface area (Å²) in [5.41, 5.74) is 0.782. The smallest absolute Gasteiger partial charge is 0.191 e. The van der Waals surface area contributed by atoms with E-state index in [0.717, 1.165) is 10.6 Å². The van der Waals surface area contributed by atoms with Crippen molar-refractivity contribution in [1.29, 1.82) is 0 Å². The lowest BCUT2D eigenvalue weighted by atomic mass is 10.2. The predicted octanol–water partition coefficient (Wildman–Crippen LogP) is 2.74. The zero-order chi connectivity index (χ0) is 11.4. The van der Waals surface area contributed by atoms with Crippen molar-refractivity contribution in [3.63, 3.8) is 0 Å². The third-order valence-corrected chi connectivity index (χ3v) is 3.02. The van der Waals surface area contributed by atoms with Crippen LogP contribution in [0.5, 0.6) is 5.75 Å². The third-order valence-electron chi connectivity index (χ3n) is 1.91. The second kappa shape index (κ2) is 5.05. The van der Waals surface area contributed by atoms with Crippen LogP contribution in [0.25, 0.3) is 0 Å². The number of phenolic OH excluding ortho intramolecular Hbond substituents is 1. The Hall–Kier alpha value is -1.46. The van der Waals surface area contributed by atoms with Crippen LogP contribution >= 0.6 is 23.6 Å². The summed E-state index contributed by atoms with van der Waals surface area (Å²) in [6.07, 6.45) is 1.73. The quantitative estimate of drug-likeness (QED) is 0.852. The van der Waals surface area contributed by atoms with Crippen LogP contribution in [0.1, 0.15) is 10.6 Å². The van der Waals surface area contributed by atoms with Crippen LogP contribution in [0, 0.1) is 0 Å². The van der Waals surface area contributed by atoms with Crippen LogP contribution in [0.3, 0.4) is 0 Å². The summed E-state index contributed by atoms with van der Waals surface area (Å²) >= 11 is 6.64. The summed E-state index contributed by atoms with van der Waals surface area (Å²) in [5.74, 6) is 0.214. The fraction of sp³-hybridized carbons (Fsp3) is 0.0909. The molecule has 2 rings (SSSR count). The summed E-state index contributed by atoms with van der Waals surface area (Å²) in [7, 11) is 0. The van der Waals surface area contributed by atoms with E-state index in [2.05, 4.69) is 4.98 Å². The lowest BCUT2D eigenvalue weighted by Gasteiger charge is -2.05. The SMILES string of the molecule is Oc1ccc(C(=S)OCc2nccs2)cc1. The van der Waals surface area contributed by atoms with Gasteiger partial charge in [-0.1, -0.05) is 0 Å². The van der Waals surface area contributed by atoms with E-state index in [4.69, 9.17) is 22.1 Å². The van der Waals surface area contributed by atoms with Crippen LogP contribution in [0.2, 0.25) is 0 Å². The number of aromatic nitrogens is 1. The van der Waals surface area contributed by atoms with Crippen molar-refractivity contribution < 1.29 is 9.84 Å². The molecule has 0 radical (unpaired) electrons. The van der Waals surface area contributed by atoms with Gasteiger partial charge in [0, 0.05) is 17.1 Å². The first-order valence-electron chi connectivity index (χ1n) is 4.60. The molecular weight excluding hydrogens is 242 g/mol. The monoisotopic (exact) mass is 251 g/mol. The van der Waals surface area contributed by atoms with E-state index in [1.807, 2.05) is 5.38 Å². The zero-order valence-electron chi connectivity index (χ0n) is 8.29. The van der Waals surface area contributed by atoms with Crippen molar-refractivity contribution >= 4 is 28.6 Å². The molecule has 0 aliphatic carbocycles. The Morgan fingerprint density at radius 1 is 1.38 bits per heavy atom. The number of hydrogen-bond acceptors (Lipinski definition) is 5. The molecular formula is C11H9NO2S2. The van der Waals surface area contributed by atoms with Crippen molar-refractivity contribution in [2.45, 2.75) is 6.61 Å². The number of benzene rings is 1. The topological polar surface area (TPSA) is 42.4 Å². The van der Waals surface area contributed by atoms with Crippen molar-refractivity contribution in [2.75, 3.05) is 0 Å². The highest BCUT2D eigenvalue weighted by Gasteiger charge is 2.03. The Kier molecular flexibility index (Phi) is 3.48. The maximum absolute atomic E-state index is 9.13. The number of nitrogens with zero attached hydrogens (tertiary/aromatic N) is 1. The number of thiazole rings is 1. The summed E-state index contributed by atoms with van der Waals surface area (Å²) in [6.45, 7) is 0.386. The van der Waals surface area contributed by atoms with Crippen LogP contribution in [-0.4, -0.2) is 15.1 Å². The largest absolute Gasteiger partial charge is 0.508 e. The van der Waals surface area contributed by atoms with Crippen molar-refractivity contribution in [3.8, 4) is 5.75 Å². The minimum Gasteiger partial charge on any atom is -0.508 e. The van der Waals surface area contributed by atoms with Gasteiger partial charge in [0.1, 0.15) is 17.4 Å². The van der Waals surface area contributed by atoms with Gasteiger partial charge in [-0.15, -0.1) is 11.3 Å². The molecule has 0 amide bonds. The molecule has 1 N–H and O–H groups in total. The Labute approximate surface area is 102 Å². The molecule has 1 aromatic carbocycles. The minimum atomic E-state index is 0.214. The normalized spacial score (nSPS) is 10.0. The van der Waals surface area contributed by atoms with Gasteiger partial charge in [0.2, 0.25) is 0 Å². The first kappa shape index (κ1) is 11.0. The average Bonchev–Trinajstić information content (AvgIpc) is 2.80. The van der Waals surface area contributed by atoms with Crippen LogP contribution in [-0.2, 0) is 11.3 Å². The number of rotatable bonds is 3. The first-order valence-corrected chi connectivity index (χ1v) is 5.89. The van der Waals surface area contributed by atoms with Gasteiger partial charge in [-0.2, -0.15) is 0 Å². The highest BCUT2D eigenvalue weighted by Crippen LogP contribution is 2.13. The van der Waals surface area contributed by atoms with E-state index in [0.29, 0.717) is 11.7 Å². The van der Waals surface area contributed by atoms with Gasteiger partial charge in [0.05, 0.1) is 0 Å². The Morgan fingerprint density at radius 3 is 2.75 bits per heavy atom. The Morgan fingerprint density at radius 2 is 2.12 bits per heavy atom. The second-order valence-electron chi connectivity index (χ2n) is 3.05. The van der Waals surface area contributed by atoms with Gasteiger partial charge < -0.3 is 9.84 Å². The van der Waals surface area contributed by atoms with E-state index in [1.165, 1.54) is 11.3 Å². The minimum absolute atomic E-state index is 0.214. The predicted molar refractivity (Wildman–Crippen MR) is 66.7 cm³/mol. The zero-order valence-corrected chi connectivity index (χ0v) is 9.92. The van der Waals surface area contributed by atoms with Gasteiger partial charge in [-0.3, -0.25) is 0 Å². The van der Waals surface area contributed by atoms with E-state index < -0.39 is 0 Å². The van der Waals surface area contributed by atoms with Crippen molar-refractivity contribution in [2.24, 2.45) is 0 Å². The molecule has 3 nitrogen and oxygen atoms in total. The molecule has 5 heteroatoms. The molecule has 2 aromatic rings. The van der Waals surface area contributed by atoms with Gasteiger partial charge >= 0.3 is 0 Å². The Bertz CT molecular complexity index is 465. The summed E-state index contributed by atoms with van der Waals surface area (Å²) < 4.78 is 5.41.